The van der Waals surface area contributed by atoms with Crippen molar-refractivity contribution in [3.63, 3.8) is 0 Å². The molecule has 0 unspecified atom stereocenters. The van der Waals surface area contributed by atoms with E-state index in [2.05, 4.69) is 121 Å². The minimum atomic E-state index is 0.641. The van der Waals surface area contributed by atoms with Crippen LogP contribution >= 0.6 is 0 Å². The van der Waals surface area contributed by atoms with Gasteiger partial charge in [-0.2, -0.15) is 0 Å². The fraction of sp³-hybridized carbons (Fsp3) is 0. The Labute approximate surface area is 282 Å². The van der Waals surface area contributed by atoms with Gasteiger partial charge in [0.25, 0.3) is 0 Å². The quantitative estimate of drug-likeness (QED) is 0.183. The SMILES string of the molecule is c1ccc(-c2nc(-c3ccc(-c4ccc5ccc6ccc7oc8ccccc8c7c6c5c4)cc3)nc(-c3ccc4ccccc4c3)n2)cc1. The van der Waals surface area contributed by atoms with Gasteiger partial charge in [-0.1, -0.05) is 140 Å². The highest BCUT2D eigenvalue weighted by atomic mass is 16.3. The van der Waals surface area contributed by atoms with Crippen molar-refractivity contribution in [3.05, 3.63) is 164 Å². The Balaban J connectivity index is 1.09. The van der Waals surface area contributed by atoms with Gasteiger partial charge in [0, 0.05) is 32.8 Å². The average molecular weight is 626 g/mol. The Morgan fingerprint density at radius 2 is 0.878 bits per heavy atom. The van der Waals surface area contributed by atoms with E-state index in [1.807, 2.05) is 42.5 Å². The molecule has 10 aromatic rings. The molecule has 0 N–H and O–H groups in total. The molecule has 49 heavy (non-hydrogen) atoms. The Hall–Kier alpha value is -6.65. The van der Waals surface area contributed by atoms with E-state index in [9.17, 15) is 0 Å². The summed E-state index contributed by atoms with van der Waals surface area (Å²) in [5.41, 5.74) is 6.93. The highest BCUT2D eigenvalue weighted by molar-refractivity contribution is 6.26. The molecule has 0 amide bonds. The first-order chi connectivity index (χ1) is 24.2. The van der Waals surface area contributed by atoms with Crippen molar-refractivity contribution in [2.75, 3.05) is 0 Å². The lowest BCUT2D eigenvalue weighted by Crippen LogP contribution is -2.00. The highest BCUT2D eigenvalue weighted by Gasteiger charge is 2.15. The first kappa shape index (κ1) is 27.5. The Morgan fingerprint density at radius 1 is 0.306 bits per heavy atom. The maximum Gasteiger partial charge on any atom is 0.164 e. The Kier molecular flexibility index (Phi) is 6.15. The predicted molar refractivity (Wildman–Crippen MR) is 201 cm³/mol. The number of para-hydroxylation sites is 1. The second kappa shape index (κ2) is 11.0. The van der Waals surface area contributed by atoms with Crippen LogP contribution in [0.25, 0.3) is 99.5 Å². The Morgan fingerprint density at radius 3 is 1.71 bits per heavy atom. The van der Waals surface area contributed by atoms with Crippen LogP contribution < -0.4 is 0 Å². The number of hydrogen-bond donors (Lipinski definition) is 0. The fourth-order valence-corrected chi connectivity index (χ4v) is 7.03. The van der Waals surface area contributed by atoms with Crippen molar-refractivity contribution >= 4 is 54.3 Å². The van der Waals surface area contributed by atoms with Crippen LogP contribution in [0.3, 0.4) is 0 Å². The number of benzene rings is 8. The van der Waals surface area contributed by atoms with Crippen LogP contribution in [0.15, 0.2) is 168 Å². The summed E-state index contributed by atoms with van der Waals surface area (Å²) in [5.74, 6) is 1.94. The first-order valence-electron chi connectivity index (χ1n) is 16.4. The van der Waals surface area contributed by atoms with E-state index >= 15 is 0 Å². The van der Waals surface area contributed by atoms with Crippen molar-refractivity contribution in [3.8, 4) is 45.3 Å². The molecule has 0 bridgehead atoms. The van der Waals surface area contributed by atoms with Crippen LogP contribution in [0, 0.1) is 0 Å². The molecule has 0 atom stereocenters. The lowest BCUT2D eigenvalue weighted by atomic mass is 9.94. The number of hydrogen-bond acceptors (Lipinski definition) is 4. The van der Waals surface area contributed by atoms with Gasteiger partial charge < -0.3 is 4.42 Å². The molecule has 0 aliphatic rings. The highest BCUT2D eigenvalue weighted by Crippen LogP contribution is 2.39. The zero-order chi connectivity index (χ0) is 32.3. The molecule has 0 aliphatic carbocycles. The molecule has 2 heterocycles. The van der Waals surface area contributed by atoms with Gasteiger partial charge in [0.15, 0.2) is 17.5 Å². The van der Waals surface area contributed by atoms with Crippen molar-refractivity contribution in [1.29, 1.82) is 0 Å². The van der Waals surface area contributed by atoms with Crippen LogP contribution in [0.4, 0.5) is 0 Å². The molecule has 4 nitrogen and oxygen atoms in total. The van der Waals surface area contributed by atoms with E-state index < -0.39 is 0 Å². The van der Waals surface area contributed by atoms with Gasteiger partial charge >= 0.3 is 0 Å². The molecule has 0 aliphatic heterocycles. The third-order valence-corrected chi connectivity index (χ3v) is 9.49. The van der Waals surface area contributed by atoms with Crippen LogP contribution in [-0.2, 0) is 0 Å². The Bertz CT molecular complexity index is 2870. The van der Waals surface area contributed by atoms with E-state index in [4.69, 9.17) is 19.4 Å². The summed E-state index contributed by atoms with van der Waals surface area (Å²) < 4.78 is 6.26. The van der Waals surface area contributed by atoms with Crippen LogP contribution in [-0.4, -0.2) is 15.0 Å². The van der Waals surface area contributed by atoms with Crippen molar-refractivity contribution < 1.29 is 4.42 Å². The molecule has 0 radical (unpaired) electrons. The third-order valence-electron chi connectivity index (χ3n) is 9.49. The zero-order valence-electron chi connectivity index (χ0n) is 26.3. The normalized spacial score (nSPS) is 11.7. The smallest absolute Gasteiger partial charge is 0.164 e. The van der Waals surface area contributed by atoms with Gasteiger partial charge in [0.2, 0.25) is 0 Å². The second-order valence-corrected chi connectivity index (χ2v) is 12.4. The minimum absolute atomic E-state index is 0.641. The van der Waals surface area contributed by atoms with Crippen molar-refractivity contribution in [2.24, 2.45) is 0 Å². The van der Waals surface area contributed by atoms with Crippen molar-refractivity contribution in [1.82, 2.24) is 15.0 Å². The lowest BCUT2D eigenvalue weighted by molar-refractivity contribution is 0.669. The molecule has 2 aromatic heterocycles. The summed E-state index contributed by atoms with van der Waals surface area (Å²) in [4.78, 5) is 14.9. The zero-order valence-corrected chi connectivity index (χ0v) is 26.3. The summed E-state index contributed by atoms with van der Waals surface area (Å²) in [7, 11) is 0. The van der Waals surface area contributed by atoms with Gasteiger partial charge in [0.1, 0.15) is 11.2 Å². The van der Waals surface area contributed by atoms with Gasteiger partial charge in [-0.3, -0.25) is 0 Å². The van der Waals surface area contributed by atoms with E-state index in [0.29, 0.717) is 17.5 Å². The average Bonchev–Trinajstić information content (AvgIpc) is 3.56. The van der Waals surface area contributed by atoms with Gasteiger partial charge in [-0.15, -0.1) is 0 Å². The molecule has 0 saturated heterocycles. The molecule has 4 heteroatoms. The van der Waals surface area contributed by atoms with Gasteiger partial charge in [0.05, 0.1) is 0 Å². The topological polar surface area (TPSA) is 51.8 Å². The van der Waals surface area contributed by atoms with Gasteiger partial charge in [-0.05, 0) is 62.3 Å². The number of rotatable bonds is 4. The van der Waals surface area contributed by atoms with E-state index in [0.717, 1.165) is 55.1 Å². The lowest BCUT2D eigenvalue weighted by Gasteiger charge is -2.11. The fourth-order valence-electron chi connectivity index (χ4n) is 7.03. The van der Waals surface area contributed by atoms with Crippen LogP contribution in [0.5, 0.6) is 0 Å². The molecule has 10 rings (SSSR count). The van der Waals surface area contributed by atoms with Crippen LogP contribution in [0.2, 0.25) is 0 Å². The largest absolute Gasteiger partial charge is 0.456 e. The number of aromatic nitrogens is 3. The number of furan rings is 1. The van der Waals surface area contributed by atoms with E-state index in [1.165, 1.54) is 26.9 Å². The third kappa shape index (κ3) is 4.65. The van der Waals surface area contributed by atoms with Gasteiger partial charge in [-0.25, -0.2) is 15.0 Å². The summed E-state index contributed by atoms with van der Waals surface area (Å²) in [6, 6.07) is 57.0. The van der Waals surface area contributed by atoms with Crippen molar-refractivity contribution in [2.45, 2.75) is 0 Å². The maximum absolute atomic E-state index is 6.26. The maximum atomic E-state index is 6.26. The molecule has 228 valence electrons. The summed E-state index contributed by atoms with van der Waals surface area (Å²) in [5, 5.41) is 9.47. The summed E-state index contributed by atoms with van der Waals surface area (Å²) in [6.45, 7) is 0. The standard InChI is InChI=1S/C45H27N3O/c1-2-9-32(10-3-1)43-46-44(48-45(47-43)36-23-16-28-8-4-5-11-34(28)26-36)33-20-14-29(15-21-33)35-22-18-30-17-19-31-24-25-40-42(41(31)38(30)27-35)37-12-6-7-13-39(37)49-40/h1-27H. The number of nitrogens with zero attached hydrogens (tertiary/aromatic N) is 3. The summed E-state index contributed by atoms with van der Waals surface area (Å²) in [6.07, 6.45) is 0. The minimum Gasteiger partial charge on any atom is -0.456 e. The van der Waals surface area contributed by atoms with Crippen LogP contribution in [0.1, 0.15) is 0 Å². The molecule has 0 saturated carbocycles. The molecule has 8 aromatic carbocycles. The predicted octanol–water partition coefficient (Wildman–Crippen LogP) is 11.9. The van der Waals surface area contributed by atoms with E-state index in [1.54, 1.807) is 0 Å². The first-order valence-corrected chi connectivity index (χ1v) is 16.4. The number of fused-ring (bicyclic) bond motifs is 8. The molecular weight excluding hydrogens is 599 g/mol. The van der Waals surface area contributed by atoms with E-state index in [-0.39, 0.29) is 0 Å². The molecular formula is C45H27N3O. The summed E-state index contributed by atoms with van der Waals surface area (Å²) >= 11 is 0. The second-order valence-electron chi connectivity index (χ2n) is 12.4. The molecule has 0 fully saturated rings. The monoisotopic (exact) mass is 625 g/mol. The molecule has 0 spiro atoms.